The number of aliphatic hydroxyl groups excluding tert-OH is 1. The maximum Gasteiger partial charge on any atom is 0.0971 e. The minimum Gasteiger partial charge on any atom is -0.395 e. The van der Waals surface area contributed by atoms with E-state index in [9.17, 15) is 0 Å². The van der Waals surface area contributed by atoms with Crippen molar-refractivity contribution in [1.29, 1.82) is 0 Å². The zero-order valence-corrected chi connectivity index (χ0v) is 10.8. The second-order valence-electron chi connectivity index (χ2n) is 4.89. The molecule has 0 spiro atoms. The Labute approximate surface area is 112 Å². The fourth-order valence-electron chi connectivity index (χ4n) is 2.22. The largest absolute Gasteiger partial charge is 0.395 e. The van der Waals surface area contributed by atoms with Crippen molar-refractivity contribution >= 4 is 0 Å². The highest BCUT2D eigenvalue weighted by Gasteiger charge is 2.28. The molecule has 1 saturated carbocycles. The summed E-state index contributed by atoms with van der Waals surface area (Å²) < 4.78 is 0. The number of benzene rings is 1. The van der Waals surface area contributed by atoms with Crippen LogP contribution >= 0.6 is 0 Å². The highest BCUT2D eigenvalue weighted by Crippen LogP contribution is 2.27. The molecular formula is C14H18N4O. The summed E-state index contributed by atoms with van der Waals surface area (Å²) in [6, 6.07) is 10.5. The molecule has 1 aromatic carbocycles. The van der Waals surface area contributed by atoms with E-state index in [-0.39, 0.29) is 6.61 Å². The summed E-state index contributed by atoms with van der Waals surface area (Å²) in [4.78, 5) is 3.93. The van der Waals surface area contributed by atoms with Crippen LogP contribution in [-0.2, 0) is 6.54 Å². The summed E-state index contributed by atoms with van der Waals surface area (Å²) in [5, 5.41) is 17.9. The van der Waals surface area contributed by atoms with Crippen LogP contribution in [0.2, 0.25) is 0 Å². The monoisotopic (exact) mass is 258 g/mol. The molecule has 2 aromatic rings. The first kappa shape index (κ1) is 12.3. The molecule has 5 heteroatoms. The van der Waals surface area contributed by atoms with Crippen LogP contribution in [0, 0.1) is 0 Å². The summed E-state index contributed by atoms with van der Waals surface area (Å²) in [6.07, 6.45) is 4.26. The van der Waals surface area contributed by atoms with Crippen LogP contribution in [0.15, 0.2) is 36.5 Å². The molecule has 1 heterocycles. The lowest BCUT2D eigenvalue weighted by atomic mass is 10.3. The van der Waals surface area contributed by atoms with Gasteiger partial charge in [-0.05, 0) is 25.0 Å². The molecule has 1 aliphatic rings. The van der Waals surface area contributed by atoms with Crippen molar-refractivity contribution in [2.24, 2.45) is 0 Å². The average Bonchev–Trinajstić information content (AvgIpc) is 3.19. The zero-order chi connectivity index (χ0) is 13.1. The summed E-state index contributed by atoms with van der Waals surface area (Å²) in [7, 11) is 0. The van der Waals surface area contributed by atoms with E-state index in [0.29, 0.717) is 12.6 Å². The number of aliphatic hydroxyl groups is 1. The van der Waals surface area contributed by atoms with E-state index in [1.807, 2.05) is 30.3 Å². The topological polar surface area (TPSA) is 54.2 Å². The third-order valence-corrected chi connectivity index (χ3v) is 3.34. The van der Waals surface area contributed by atoms with Crippen LogP contribution in [0.5, 0.6) is 0 Å². The Morgan fingerprint density at radius 2 is 2.05 bits per heavy atom. The van der Waals surface area contributed by atoms with Crippen molar-refractivity contribution in [3.63, 3.8) is 0 Å². The highest BCUT2D eigenvalue weighted by molar-refractivity contribution is 5.28. The van der Waals surface area contributed by atoms with Gasteiger partial charge in [-0.3, -0.25) is 4.90 Å². The van der Waals surface area contributed by atoms with Gasteiger partial charge in [0.2, 0.25) is 0 Å². The third kappa shape index (κ3) is 3.00. The predicted octanol–water partition coefficient (Wildman–Crippen LogP) is 1.22. The highest BCUT2D eigenvalue weighted by atomic mass is 16.3. The maximum absolute atomic E-state index is 9.09. The Balaban J connectivity index is 1.70. The molecular weight excluding hydrogens is 240 g/mol. The maximum atomic E-state index is 9.09. The molecule has 1 N–H and O–H groups in total. The molecule has 1 fully saturated rings. The predicted molar refractivity (Wildman–Crippen MR) is 71.9 cm³/mol. The minimum atomic E-state index is 0.198. The SMILES string of the molecule is OCCN(Cc1cnn(-c2ccccc2)n1)C1CC1. The molecule has 19 heavy (non-hydrogen) atoms. The van der Waals surface area contributed by atoms with Gasteiger partial charge in [0.15, 0.2) is 0 Å². The van der Waals surface area contributed by atoms with Gasteiger partial charge in [0.05, 0.1) is 24.2 Å². The molecule has 3 rings (SSSR count). The molecule has 1 aliphatic carbocycles. The second kappa shape index (κ2) is 5.50. The zero-order valence-electron chi connectivity index (χ0n) is 10.8. The van der Waals surface area contributed by atoms with E-state index >= 15 is 0 Å². The molecule has 0 amide bonds. The van der Waals surface area contributed by atoms with Crippen molar-refractivity contribution in [2.45, 2.75) is 25.4 Å². The summed E-state index contributed by atoms with van der Waals surface area (Å²) in [6.45, 7) is 1.67. The first-order valence-electron chi connectivity index (χ1n) is 6.68. The third-order valence-electron chi connectivity index (χ3n) is 3.34. The standard InChI is InChI=1S/C14H18N4O/c19-9-8-17(13-6-7-13)11-12-10-15-18(16-12)14-4-2-1-3-5-14/h1-5,10,13,19H,6-9,11H2. The lowest BCUT2D eigenvalue weighted by molar-refractivity contribution is 0.182. The van der Waals surface area contributed by atoms with E-state index in [1.54, 1.807) is 11.0 Å². The van der Waals surface area contributed by atoms with Gasteiger partial charge in [-0.15, -0.1) is 0 Å². The van der Waals surface area contributed by atoms with Crippen LogP contribution in [0.25, 0.3) is 5.69 Å². The van der Waals surface area contributed by atoms with Crippen LogP contribution in [0.3, 0.4) is 0 Å². The van der Waals surface area contributed by atoms with E-state index in [4.69, 9.17) is 5.11 Å². The number of hydrogen-bond donors (Lipinski definition) is 1. The lowest BCUT2D eigenvalue weighted by Gasteiger charge is -2.18. The van der Waals surface area contributed by atoms with Crippen molar-refractivity contribution in [3.05, 3.63) is 42.2 Å². The number of hydrogen-bond acceptors (Lipinski definition) is 4. The van der Waals surface area contributed by atoms with E-state index in [2.05, 4.69) is 15.1 Å². The first-order valence-corrected chi connectivity index (χ1v) is 6.68. The van der Waals surface area contributed by atoms with Gasteiger partial charge < -0.3 is 5.11 Å². The number of nitrogens with zero attached hydrogens (tertiary/aromatic N) is 4. The minimum absolute atomic E-state index is 0.198. The Morgan fingerprint density at radius 1 is 1.26 bits per heavy atom. The average molecular weight is 258 g/mol. The van der Waals surface area contributed by atoms with Gasteiger partial charge in [0, 0.05) is 19.1 Å². The molecule has 100 valence electrons. The van der Waals surface area contributed by atoms with Crippen molar-refractivity contribution in [3.8, 4) is 5.69 Å². The van der Waals surface area contributed by atoms with E-state index in [0.717, 1.165) is 17.9 Å². The molecule has 0 unspecified atom stereocenters. The van der Waals surface area contributed by atoms with Crippen LogP contribution < -0.4 is 0 Å². The van der Waals surface area contributed by atoms with E-state index in [1.165, 1.54) is 12.8 Å². The normalized spacial score (nSPS) is 15.1. The Bertz CT molecular complexity index is 521. The lowest BCUT2D eigenvalue weighted by Crippen LogP contribution is -2.28. The molecule has 0 bridgehead atoms. The molecule has 0 saturated heterocycles. The van der Waals surface area contributed by atoms with Crippen molar-refractivity contribution in [1.82, 2.24) is 19.9 Å². The molecule has 0 radical (unpaired) electrons. The summed E-state index contributed by atoms with van der Waals surface area (Å²) >= 11 is 0. The van der Waals surface area contributed by atoms with Gasteiger partial charge in [-0.25, -0.2) is 0 Å². The van der Waals surface area contributed by atoms with Gasteiger partial charge in [-0.1, -0.05) is 18.2 Å². The van der Waals surface area contributed by atoms with Gasteiger partial charge >= 0.3 is 0 Å². The van der Waals surface area contributed by atoms with Crippen LogP contribution in [0.4, 0.5) is 0 Å². The number of para-hydroxylation sites is 1. The molecule has 5 nitrogen and oxygen atoms in total. The van der Waals surface area contributed by atoms with E-state index < -0.39 is 0 Å². The second-order valence-corrected chi connectivity index (χ2v) is 4.89. The smallest absolute Gasteiger partial charge is 0.0971 e. The first-order chi connectivity index (χ1) is 9.36. The van der Waals surface area contributed by atoms with Crippen LogP contribution in [0.1, 0.15) is 18.5 Å². The quantitative estimate of drug-likeness (QED) is 0.846. The van der Waals surface area contributed by atoms with Crippen LogP contribution in [-0.4, -0.2) is 44.2 Å². The van der Waals surface area contributed by atoms with Gasteiger partial charge in [0.1, 0.15) is 0 Å². The summed E-state index contributed by atoms with van der Waals surface area (Å²) in [5.74, 6) is 0. The Kier molecular flexibility index (Phi) is 3.57. The van der Waals surface area contributed by atoms with Crippen molar-refractivity contribution in [2.75, 3.05) is 13.2 Å². The van der Waals surface area contributed by atoms with Gasteiger partial charge in [-0.2, -0.15) is 15.0 Å². The molecule has 0 aliphatic heterocycles. The Hall–Kier alpha value is -1.72. The fraction of sp³-hybridized carbons (Fsp3) is 0.429. The summed E-state index contributed by atoms with van der Waals surface area (Å²) in [5.41, 5.74) is 1.91. The number of rotatable bonds is 6. The van der Waals surface area contributed by atoms with Crippen molar-refractivity contribution < 1.29 is 5.11 Å². The Morgan fingerprint density at radius 3 is 2.74 bits per heavy atom. The number of aromatic nitrogens is 3. The fourth-order valence-corrected chi connectivity index (χ4v) is 2.22. The molecule has 1 aromatic heterocycles. The van der Waals surface area contributed by atoms with Gasteiger partial charge in [0.25, 0.3) is 0 Å². The molecule has 0 atom stereocenters.